The van der Waals surface area contributed by atoms with E-state index >= 15 is 0 Å². The lowest BCUT2D eigenvalue weighted by atomic mass is 10.1. The van der Waals surface area contributed by atoms with Crippen LogP contribution < -0.4 is 0 Å². The van der Waals surface area contributed by atoms with Crippen LogP contribution in [0.1, 0.15) is 47.0 Å². The number of hydrogen-bond acceptors (Lipinski definition) is 2. The maximum absolute atomic E-state index is 10.2. The summed E-state index contributed by atoms with van der Waals surface area (Å²) in [7, 11) is -1.59. The standard InChI is InChI=1S/C14H28O2Si/c1-13(9-7-11-15)10-8-12-16-17(5,6)14(2,3)4/h10-11H,7-9,12H2,1-6H3/b13-10+. The van der Waals surface area contributed by atoms with Gasteiger partial charge in [-0.25, -0.2) is 0 Å². The third kappa shape index (κ3) is 6.79. The van der Waals surface area contributed by atoms with Gasteiger partial charge in [-0.15, -0.1) is 0 Å². The zero-order valence-corrected chi connectivity index (χ0v) is 13.3. The summed E-state index contributed by atoms with van der Waals surface area (Å²) < 4.78 is 6.07. The predicted octanol–water partition coefficient (Wildman–Crippen LogP) is 4.32. The molecule has 0 aliphatic carbocycles. The summed E-state index contributed by atoms with van der Waals surface area (Å²) in [5.74, 6) is 0. The normalized spacial score (nSPS) is 13.9. The van der Waals surface area contributed by atoms with E-state index in [0.717, 1.165) is 25.7 Å². The van der Waals surface area contributed by atoms with Crippen LogP contribution in [0.5, 0.6) is 0 Å². The van der Waals surface area contributed by atoms with Crippen molar-refractivity contribution in [2.45, 2.75) is 65.1 Å². The van der Waals surface area contributed by atoms with Crippen LogP contribution >= 0.6 is 0 Å². The Kier molecular flexibility index (Phi) is 6.94. The molecule has 3 heteroatoms. The first kappa shape index (κ1) is 16.6. The zero-order chi connectivity index (χ0) is 13.5. The van der Waals surface area contributed by atoms with Crippen LogP contribution in [0.4, 0.5) is 0 Å². The van der Waals surface area contributed by atoms with Crippen molar-refractivity contribution in [1.82, 2.24) is 0 Å². The first-order valence-corrected chi connectivity index (χ1v) is 9.35. The molecule has 0 rings (SSSR count). The Balaban J connectivity index is 3.96. The van der Waals surface area contributed by atoms with Gasteiger partial charge < -0.3 is 9.22 Å². The Hall–Kier alpha value is -0.413. The summed E-state index contributed by atoms with van der Waals surface area (Å²) in [4.78, 5) is 10.2. The highest BCUT2D eigenvalue weighted by atomic mass is 28.4. The highest BCUT2D eigenvalue weighted by Gasteiger charge is 2.36. The van der Waals surface area contributed by atoms with E-state index in [1.54, 1.807) is 0 Å². The highest BCUT2D eigenvalue weighted by molar-refractivity contribution is 6.74. The number of allylic oxidation sites excluding steroid dienone is 1. The van der Waals surface area contributed by atoms with Gasteiger partial charge >= 0.3 is 0 Å². The van der Waals surface area contributed by atoms with Crippen molar-refractivity contribution < 1.29 is 9.22 Å². The van der Waals surface area contributed by atoms with Gasteiger partial charge in [-0.1, -0.05) is 32.4 Å². The van der Waals surface area contributed by atoms with E-state index < -0.39 is 8.32 Å². The Morgan fingerprint density at radius 1 is 1.24 bits per heavy atom. The molecule has 0 aromatic carbocycles. The van der Waals surface area contributed by atoms with Crippen LogP contribution in [-0.2, 0) is 9.22 Å². The van der Waals surface area contributed by atoms with E-state index in [2.05, 4.69) is 46.9 Å². The summed E-state index contributed by atoms with van der Waals surface area (Å²) in [6.45, 7) is 14.2. The maximum Gasteiger partial charge on any atom is 0.191 e. The molecule has 0 saturated carbocycles. The maximum atomic E-state index is 10.2. The summed E-state index contributed by atoms with van der Waals surface area (Å²) in [6.07, 6.45) is 5.63. The minimum atomic E-state index is -1.59. The van der Waals surface area contributed by atoms with Crippen molar-refractivity contribution >= 4 is 14.6 Å². The molecular formula is C14H28O2Si. The molecule has 0 bridgehead atoms. The molecule has 0 aromatic heterocycles. The fraction of sp³-hybridized carbons (Fsp3) is 0.786. The second-order valence-corrected chi connectivity index (χ2v) is 11.0. The van der Waals surface area contributed by atoms with Gasteiger partial charge in [0.2, 0.25) is 0 Å². The van der Waals surface area contributed by atoms with Crippen molar-refractivity contribution in [2.75, 3.05) is 6.61 Å². The van der Waals surface area contributed by atoms with Gasteiger partial charge in [0.05, 0.1) is 0 Å². The molecule has 0 spiro atoms. The molecule has 0 fully saturated rings. The molecular weight excluding hydrogens is 228 g/mol. The second-order valence-electron chi connectivity index (χ2n) is 6.15. The fourth-order valence-electron chi connectivity index (χ4n) is 1.22. The van der Waals surface area contributed by atoms with Crippen LogP contribution in [0.15, 0.2) is 11.6 Å². The van der Waals surface area contributed by atoms with Gasteiger partial charge in [-0.3, -0.25) is 0 Å². The van der Waals surface area contributed by atoms with E-state index in [1.165, 1.54) is 5.57 Å². The molecule has 0 radical (unpaired) electrons. The van der Waals surface area contributed by atoms with Gasteiger partial charge in [0, 0.05) is 13.0 Å². The molecule has 0 amide bonds. The van der Waals surface area contributed by atoms with Gasteiger partial charge in [0.25, 0.3) is 0 Å². The number of aldehydes is 1. The topological polar surface area (TPSA) is 26.3 Å². The summed E-state index contributed by atoms with van der Waals surface area (Å²) in [5.41, 5.74) is 1.29. The van der Waals surface area contributed by atoms with Crippen molar-refractivity contribution in [1.29, 1.82) is 0 Å². The Bertz CT molecular complexity index is 262. The number of rotatable bonds is 7. The lowest BCUT2D eigenvalue weighted by Crippen LogP contribution is -2.40. The molecule has 0 heterocycles. The first-order chi connectivity index (χ1) is 7.70. The molecule has 0 unspecified atom stereocenters. The molecule has 0 N–H and O–H groups in total. The van der Waals surface area contributed by atoms with Crippen LogP contribution in [0.3, 0.4) is 0 Å². The first-order valence-electron chi connectivity index (χ1n) is 6.44. The Labute approximate surface area is 108 Å². The average molecular weight is 256 g/mol. The smallest absolute Gasteiger partial charge is 0.191 e. The predicted molar refractivity (Wildman–Crippen MR) is 76.8 cm³/mol. The monoisotopic (exact) mass is 256 g/mol. The minimum Gasteiger partial charge on any atom is -0.417 e. The van der Waals surface area contributed by atoms with Gasteiger partial charge in [-0.2, -0.15) is 0 Å². The number of carbonyl (C=O) groups excluding carboxylic acids is 1. The van der Waals surface area contributed by atoms with E-state index in [9.17, 15) is 4.79 Å². The van der Waals surface area contributed by atoms with Crippen molar-refractivity contribution in [3.8, 4) is 0 Å². The SMILES string of the molecule is C/C(=C\CCO[Si](C)(C)C(C)(C)C)CCC=O. The van der Waals surface area contributed by atoms with Gasteiger partial charge in [-0.05, 0) is 37.9 Å². The molecule has 0 saturated heterocycles. The molecule has 0 atom stereocenters. The van der Waals surface area contributed by atoms with Crippen molar-refractivity contribution in [3.05, 3.63) is 11.6 Å². The van der Waals surface area contributed by atoms with Crippen LogP contribution in [0.2, 0.25) is 18.1 Å². The van der Waals surface area contributed by atoms with Crippen LogP contribution in [-0.4, -0.2) is 21.2 Å². The quantitative estimate of drug-likeness (QED) is 0.293. The molecule has 0 aliphatic heterocycles. The van der Waals surface area contributed by atoms with Crippen molar-refractivity contribution in [2.24, 2.45) is 0 Å². The van der Waals surface area contributed by atoms with Crippen molar-refractivity contribution in [3.63, 3.8) is 0 Å². The molecule has 0 aliphatic rings. The fourth-order valence-corrected chi connectivity index (χ4v) is 2.29. The zero-order valence-electron chi connectivity index (χ0n) is 12.3. The lowest BCUT2D eigenvalue weighted by Gasteiger charge is -2.36. The van der Waals surface area contributed by atoms with Crippen LogP contribution in [0, 0.1) is 0 Å². The number of hydrogen-bond donors (Lipinski definition) is 0. The number of carbonyl (C=O) groups is 1. The van der Waals surface area contributed by atoms with Gasteiger partial charge in [0.15, 0.2) is 8.32 Å². The summed E-state index contributed by atoms with van der Waals surface area (Å²) in [6, 6.07) is 0. The summed E-state index contributed by atoms with van der Waals surface area (Å²) >= 11 is 0. The molecule has 2 nitrogen and oxygen atoms in total. The minimum absolute atomic E-state index is 0.281. The van der Waals surface area contributed by atoms with E-state index in [0.29, 0.717) is 6.42 Å². The molecule has 0 aromatic rings. The Morgan fingerprint density at radius 3 is 2.29 bits per heavy atom. The second kappa shape index (κ2) is 7.12. The largest absolute Gasteiger partial charge is 0.417 e. The van der Waals surface area contributed by atoms with Crippen LogP contribution in [0.25, 0.3) is 0 Å². The highest BCUT2D eigenvalue weighted by Crippen LogP contribution is 2.36. The Morgan fingerprint density at radius 2 is 1.82 bits per heavy atom. The third-order valence-corrected chi connectivity index (χ3v) is 8.07. The average Bonchev–Trinajstić information content (AvgIpc) is 2.20. The summed E-state index contributed by atoms with van der Waals surface area (Å²) in [5, 5.41) is 0.281. The third-order valence-electron chi connectivity index (χ3n) is 3.54. The van der Waals surface area contributed by atoms with E-state index in [1.807, 2.05) is 0 Å². The van der Waals surface area contributed by atoms with E-state index in [-0.39, 0.29) is 5.04 Å². The van der Waals surface area contributed by atoms with E-state index in [4.69, 9.17) is 4.43 Å². The van der Waals surface area contributed by atoms with Gasteiger partial charge in [0.1, 0.15) is 6.29 Å². The molecule has 17 heavy (non-hydrogen) atoms. The molecule has 100 valence electrons. The lowest BCUT2D eigenvalue weighted by molar-refractivity contribution is -0.107.